The van der Waals surface area contributed by atoms with Gasteiger partial charge in [0.05, 0.1) is 10.6 Å². The van der Waals surface area contributed by atoms with Gasteiger partial charge in [0.1, 0.15) is 0 Å². The lowest BCUT2D eigenvalue weighted by Gasteiger charge is -2.27. The van der Waals surface area contributed by atoms with Crippen molar-refractivity contribution in [3.05, 3.63) is 36.0 Å². The lowest BCUT2D eigenvalue weighted by Crippen LogP contribution is -2.46. The zero-order valence-electron chi connectivity index (χ0n) is 12.4. The Hall–Kier alpha value is -1.63. The summed E-state index contributed by atoms with van der Waals surface area (Å²) in [6.07, 6.45) is 3.04. The van der Waals surface area contributed by atoms with Crippen LogP contribution in [0.15, 0.2) is 35.4 Å². The molecule has 0 amide bonds. The number of anilines is 1. The van der Waals surface area contributed by atoms with Crippen molar-refractivity contribution in [2.24, 2.45) is 0 Å². The number of nitrogens with zero attached hydrogens (tertiary/aromatic N) is 3. The Bertz CT molecular complexity index is 669. The lowest BCUT2D eigenvalue weighted by atomic mass is 10.0. The molecule has 2 N–H and O–H groups in total. The Kier molecular flexibility index (Phi) is 3.97. The zero-order chi connectivity index (χ0) is 14.8. The Morgan fingerprint density at radius 3 is 2.95 bits per heavy atom. The van der Waals surface area contributed by atoms with Crippen LogP contribution < -0.4 is 10.7 Å². The second-order valence-corrected chi connectivity index (χ2v) is 6.65. The van der Waals surface area contributed by atoms with Gasteiger partial charge in [0.25, 0.3) is 0 Å². The number of hydrogen-bond donors (Lipinski definition) is 2. The van der Waals surface area contributed by atoms with Crippen LogP contribution in [0.1, 0.15) is 5.56 Å². The minimum atomic E-state index is 0.693. The fourth-order valence-corrected chi connectivity index (χ4v) is 3.84. The maximum Gasteiger partial charge on any atom is 0.238 e. The summed E-state index contributed by atoms with van der Waals surface area (Å²) in [4.78, 5) is 10.5. The smallest absolute Gasteiger partial charge is 0.238 e. The van der Waals surface area contributed by atoms with E-state index in [0.29, 0.717) is 5.95 Å². The van der Waals surface area contributed by atoms with Gasteiger partial charge < -0.3 is 5.32 Å². The van der Waals surface area contributed by atoms with Gasteiger partial charge in [0.2, 0.25) is 5.95 Å². The molecule has 3 heterocycles. The fraction of sp³-hybridized carbons (Fsp3) is 0.375. The van der Waals surface area contributed by atoms with E-state index in [1.807, 2.05) is 18.0 Å². The summed E-state index contributed by atoms with van der Waals surface area (Å²) in [5.74, 6) is 1.77. The summed E-state index contributed by atoms with van der Waals surface area (Å²) < 4.78 is 0. The van der Waals surface area contributed by atoms with E-state index in [1.165, 1.54) is 16.0 Å². The van der Waals surface area contributed by atoms with E-state index in [2.05, 4.69) is 45.0 Å². The van der Waals surface area contributed by atoms with Crippen molar-refractivity contribution in [1.82, 2.24) is 20.3 Å². The molecule has 0 aliphatic carbocycles. The number of rotatable bonds is 2. The number of hydrazine groups is 1. The van der Waals surface area contributed by atoms with Gasteiger partial charge >= 0.3 is 0 Å². The number of nitrogens with one attached hydrogen (secondary N) is 2. The van der Waals surface area contributed by atoms with Crippen LogP contribution in [0.2, 0.25) is 0 Å². The van der Waals surface area contributed by atoms with Crippen LogP contribution >= 0.6 is 11.8 Å². The molecule has 1 aromatic carbocycles. The van der Waals surface area contributed by atoms with E-state index < -0.39 is 0 Å². The van der Waals surface area contributed by atoms with Crippen molar-refractivity contribution in [3.8, 4) is 11.3 Å². The molecule has 0 unspecified atom stereocenters. The van der Waals surface area contributed by atoms with E-state index in [1.54, 1.807) is 0 Å². The van der Waals surface area contributed by atoms with Crippen LogP contribution in [-0.2, 0) is 6.42 Å². The van der Waals surface area contributed by atoms with Gasteiger partial charge in [-0.15, -0.1) is 11.8 Å². The van der Waals surface area contributed by atoms with Crippen LogP contribution in [0, 0.1) is 0 Å². The highest BCUT2D eigenvalue weighted by Crippen LogP contribution is 2.36. The average Bonchev–Trinajstić information content (AvgIpc) is 2.75. The summed E-state index contributed by atoms with van der Waals surface area (Å²) in [6, 6.07) is 8.57. The standard InChI is InChI=1S/C16H19N5S/c1-2-4-13-12(3-1)5-10-22-14-11-18-16(19-15(13)14)20-21-8-6-17-7-9-21/h1-4,11,17H,5-10H2,(H,18,19,20). The number of piperazine rings is 1. The molecule has 0 atom stereocenters. The van der Waals surface area contributed by atoms with Crippen molar-refractivity contribution in [2.45, 2.75) is 11.3 Å². The van der Waals surface area contributed by atoms with Crippen molar-refractivity contribution in [2.75, 3.05) is 37.4 Å². The molecule has 1 saturated heterocycles. The normalized spacial score (nSPS) is 18.2. The molecule has 2 aliphatic rings. The van der Waals surface area contributed by atoms with Crippen molar-refractivity contribution < 1.29 is 0 Å². The minimum absolute atomic E-state index is 0.693. The second kappa shape index (κ2) is 6.24. The molecule has 5 nitrogen and oxygen atoms in total. The molecular formula is C16H19N5S. The van der Waals surface area contributed by atoms with Crippen molar-refractivity contribution in [3.63, 3.8) is 0 Å². The first kappa shape index (κ1) is 14.0. The van der Waals surface area contributed by atoms with Crippen LogP contribution in [-0.4, -0.2) is 46.9 Å². The summed E-state index contributed by atoms with van der Waals surface area (Å²) in [5, 5.41) is 5.52. The monoisotopic (exact) mass is 313 g/mol. The fourth-order valence-electron chi connectivity index (χ4n) is 2.88. The molecule has 114 valence electrons. The van der Waals surface area contributed by atoms with E-state index >= 15 is 0 Å². The first-order valence-electron chi connectivity index (χ1n) is 7.70. The van der Waals surface area contributed by atoms with Crippen LogP contribution in [0.4, 0.5) is 5.95 Å². The average molecular weight is 313 g/mol. The van der Waals surface area contributed by atoms with Gasteiger partial charge in [-0.2, -0.15) is 0 Å². The first-order valence-corrected chi connectivity index (χ1v) is 8.69. The molecule has 22 heavy (non-hydrogen) atoms. The van der Waals surface area contributed by atoms with Crippen molar-refractivity contribution in [1.29, 1.82) is 0 Å². The highest BCUT2D eigenvalue weighted by molar-refractivity contribution is 7.99. The molecule has 0 spiro atoms. The van der Waals surface area contributed by atoms with E-state index in [0.717, 1.165) is 44.0 Å². The number of aromatic nitrogens is 2. The maximum absolute atomic E-state index is 4.80. The summed E-state index contributed by atoms with van der Waals surface area (Å²) in [5.41, 5.74) is 7.02. The molecule has 0 bridgehead atoms. The molecule has 4 rings (SSSR count). The third-order valence-electron chi connectivity index (χ3n) is 4.03. The highest BCUT2D eigenvalue weighted by Gasteiger charge is 2.18. The lowest BCUT2D eigenvalue weighted by molar-refractivity contribution is 0.284. The first-order chi connectivity index (χ1) is 10.9. The van der Waals surface area contributed by atoms with Crippen LogP contribution in [0.3, 0.4) is 0 Å². The molecule has 2 aromatic rings. The van der Waals surface area contributed by atoms with Gasteiger partial charge in [0.15, 0.2) is 0 Å². The molecule has 2 aliphatic heterocycles. The highest BCUT2D eigenvalue weighted by atomic mass is 32.2. The van der Waals surface area contributed by atoms with Gasteiger partial charge in [-0.05, 0) is 12.0 Å². The Labute approximate surface area is 134 Å². The van der Waals surface area contributed by atoms with Crippen LogP contribution in [0.25, 0.3) is 11.3 Å². The molecule has 0 radical (unpaired) electrons. The number of thioether (sulfide) groups is 1. The van der Waals surface area contributed by atoms with Crippen LogP contribution in [0.5, 0.6) is 0 Å². The third kappa shape index (κ3) is 2.82. The quantitative estimate of drug-likeness (QED) is 0.885. The zero-order valence-corrected chi connectivity index (χ0v) is 13.2. The summed E-state index contributed by atoms with van der Waals surface area (Å²) in [7, 11) is 0. The van der Waals surface area contributed by atoms with E-state index in [9.17, 15) is 0 Å². The Balaban J connectivity index is 1.67. The van der Waals surface area contributed by atoms with E-state index in [-0.39, 0.29) is 0 Å². The SMILES string of the molecule is c1ccc2c(c1)CCSc1cnc(NN3CCNCC3)nc1-2. The number of benzene rings is 1. The summed E-state index contributed by atoms with van der Waals surface area (Å²) >= 11 is 1.84. The molecule has 1 fully saturated rings. The third-order valence-corrected chi connectivity index (χ3v) is 5.05. The minimum Gasteiger partial charge on any atom is -0.314 e. The Morgan fingerprint density at radius 1 is 1.18 bits per heavy atom. The van der Waals surface area contributed by atoms with Gasteiger partial charge in [-0.1, -0.05) is 24.3 Å². The Morgan fingerprint density at radius 2 is 2.05 bits per heavy atom. The summed E-state index contributed by atoms with van der Waals surface area (Å²) in [6.45, 7) is 3.92. The molecule has 6 heteroatoms. The predicted octanol–water partition coefficient (Wildman–Crippen LogP) is 2.02. The molecule has 0 saturated carbocycles. The molecular weight excluding hydrogens is 294 g/mol. The van der Waals surface area contributed by atoms with Crippen molar-refractivity contribution >= 4 is 17.7 Å². The predicted molar refractivity (Wildman–Crippen MR) is 90.0 cm³/mol. The number of aryl methyl sites for hydroxylation is 1. The maximum atomic E-state index is 4.80. The number of fused-ring (bicyclic) bond motifs is 3. The number of hydrogen-bond acceptors (Lipinski definition) is 6. The van der Waals surface area contributed by atoms with Gasteiger partial charge in [0, 0.05) is 43.7 Å². The van der Waals surface area contributed by atoms with E-state index in [4.69, 9.17) is 4.98 Å². The second-order valence-electron chi connectivity index (χ2n) is 5.51. The van der Waals surface area contributed by atoms with Gasteiger partial charge in [-0.25, -0.2) is 15.0 Å². The largest absolute Gasteiger partial charge is 0.314 e. The molecule has 1 aromatic heterocycles. The topological polar surface area (TPSA) is 53.1 Å². The van der Waals surface area contributed by atoms with Gasteiger partial charge in [-0.3, -0.25) is 5.43 Å².